The van der Waals surface area contributed by atoms with Crippen LogP contribution < -0.4 is 10.1 Å². The fourth-order valence-corrected chi connectivity index (χ4v) is 3.09. The van der Waals surface area contributed by atoms with Crippen molar-refractivity contribution in [2.45, 2.75) is 18.9 Å². The fourth-order valence-electron chi connectivity index (χ4n) is 3.09. The van der Waals surface area contributed by atoms with E-state index in [1.807, 2.05) is 0 Å². The van der Waals surface area contributed by atoms with Gasteiger partial charge in [0.1, 0.15) is 11.4 Å². The zero-order valence-corrected chi connectivity index (χ0v) is 11.1. The van der Waals surface area contributed by atoms with Crippen molar-refractivity contribution >= 4 is 5.91 Å². The van der Waals surface area contributed by atoms with Crippen LogP contribution in [-0.2, 0) is 0 Å². The van der Waals surface area contributed by atoms with Gasteiger partial charge < -0.3 is 15.0 Å². The van der Waals surface area contributed by atoms with E-state index in [-0.39, 0.29) is 11.9 Å². The quantitative estimate of drug-likeness (QED) is 0.879. The smallest absolute Gasteiger partial charge is 0.270 e. The zero-order chi connectivity index (χ0) is 13.2. The number of fused-ring (bicyclic) bond motifs is 2. The van der Waals surface area contributed by atoms with Crippen molar-refractivity contribution in [3.05, 3.63) is 24.0 Å². The molecule has 0 spiro atoms. The second kappa shape index (κ2) is 5.17. The molecule has 102 valence electrons. The Morgan fingerprint density at radius 3 is 3.21 bits per heavy atom. The number of carbonyl (C=O) groups excluding carboxylic acids is 1. The SMILES string of the molecule is COc1ccnc(C(=O)N[C@@H]2C[C@H]3CCN(C3)C2)c1. The summed E-state index contributed by atoms with van der Waals surface area (Å²) in [6.07, 6.45) is 3.96. The Morgan fingerprint density at radius 1 is 1.53 bits per heavy atom. The highest BCUT2D eigenvalue weighted by molar-refractivity contribution is 5.92. The van der Waals surface area contributed by atoms with Crippen LogP contribution in [0, 0.1) is 5.92 Å². The Morgan fingerprint density at radius 2 is 2.42 bits per heavy atom. The van der Waals surface area contributed by atoms with Gasteiger partial charge in [-0.2, -0.15) is 0 Å². The minimum atomic E-state index is -0.105. The molecule has 2 aliphatic rings. The highest BCUT2D eigenvalue weighted by atomic mass is 16.5. The van der Waals surface area contributed by atoms with E-state index in [1.54, 1.807) is 25.4 Å². The first-order valence-electron chi connectivity index (χ1n) is 6.78. The van der Waals surface area contributed by atoms with E-state index in [0.29, 0.717) is 11.4 Å². The number of hydrogen-bond donors (Lipinski definition) is 1. The van der Waals surface area contributed by atoms with Crippen LogP contribution in [0.15, 0.2) is 18.3 Å². The lowest BCUT2D eigenvalue weighted by molar-refractivity contribution is 0.0904. The van der Waals surface area contributed by atoms with Crippen molar-refractivity contribution in [1.29, 1.82) is 0 Å². The van der Waals surface area contributed by atoms with E-state index in [9.17, 15) is 4.79 Å². The summed E-state index contributed by atoms with van der Waals surface area (Å²) in [5, 5.41) is 3.09. The van der Waals surface area contributed by atoms with Crippen molar-refractivity contribution in [3.8, 4) is 5.75 Å². The molecule has 1 aromatic rings. The number of rotatable bonds is 3. The van der Waals surface area contributed by atoms with Gasteiger partial charge in [0.05, 0.1) is 7.11 Å². The van der Waals surface area contributed by atoms with Gasteiger partial charge in [-0.3, -0.25) is 9.78 Å². The molecule has 0 saturated carbocycles. The summed E-state index contributed by atoms with van der Waals surface area (Å²) >= 11 is 0. The standard InChI is InChI=1S/C14H19N3O2/c1-19-12-2-4-15-13(7-12)14(18)16-11-6-10-3-5-17(8-10)9-11/h2,4,7,10-11H,3,5-6,8-9H2,1H3,(H,16,18)/t10-,11-/m1/s1. The lowest BCUT2D eigenvalue weighted by Gasteiger charge is -2.30. The molecule has 0 radical (unpaired) electrons. The first-order valence-corrected chi connectivity index (χ1v) is 6.78. The normalized spacial score (nSPS) is 29.0. The largest absolute Gasteiger partial charge is 0.497 e. The van der Waals surface area contributed by atoms with Crippen LogP contribution in [0.2, 0.25) is 0 Å². The maximum absolute atomic E-state index is 12.2. The predicted molar refractivity (Wildman–Crippen MR) is 71.2 cm³/mol. The Bertz CT molecular complexity index is 466. The van der Waals surface area contributed by atoms with Crippen LogP contribution >= 0.6 is 0 Å². The van der Waals surface area contributed by atoms with Crippen LogP contribution in [0.25, 0.3) is 0 Å². The second-order valence-electron chi connectivity index (χ2n) is 5.40. The number of piperidine rings is 1. The van der Waals surface area contributed by atoms with Crippen LogP contribution in [0.3, 0.4) is 0 Å². The molecule has 2 aliphatic heterocycles. The average molecular weight is 261 g/mol. The summed E-state index contributed by atoms with van der Waals surface area (Å²) < 4.78 is 5.11. The monoisotopic (exact) mass is 261 g/mol. The lowest BCUT2D eigenvalue weighted by atomic mass is 9.97. The Labute approximate surface area is 113 Å². The van der Waals surface area contributed by atoms with Gasteiger partial charge >= 0.3 is 0 Å². The molecule has 2 fully saturated rings. The summed E-state index contributed by atoms with van der Waals surface area (Å²) in [6, 6.07) is 3.66. The van der Waals surface area contributed by atoms with Gasteiger partial charge in [-0.25, -0.2) is 0 Å². The highest BCUT2D eigenvalue weighted by Crippen LogP contribution is 2.26. The third-order valence-electron chi connectivity index (χ3n) is 4.00. The first-order chi connectivity index (χ1) is 9.24. The summed E-state index contributed by atoms with van der Waals surface area (Å²) in [5.74, 6) is 1.30. The van der Waals surface area contributed by atoms with Crippen molar-refractivity contribution < 1.29 is 9.53 Å². The number of aromatic nitrogens is 1. The van der Waals surface area contributed by atoms with E-state index in [1.165, 1.54) is 19.5 Å². The predicted octanol–water partition coefficient (Wildman–Crippen LogP) is 0.914. The van der Waals surface area contributed by atoms with Crippen molar-refractivity contribution in [1.82, 2.24) is 15.2 Å². The number of carbonyl (C=O) groups is 1. The minimum Gasteiger partial charge on any atom is -0.497 e. The van der Waals surface area contributed by atoms with Crippen molar-refractivity contribution in [2.24, 2.45) is 5.92 Å². The van der Waals surface area contributed by atoms with Gasteiger partial charge in [-0.1, -0.05) is 0 Å². The highest BCUT2D eigenvalue weighted by Gasteiger charge is 2.33. The maximum Gasteiger partial charge on any atom is 0.270 e. The molecule has 0 aromatic carbocycles. The maximum atomic E-state index is 12.2. The van der Waals surface area contributed by atoms with Gasteiger partial charge in [0, 0.05) is 31.4 Å². The van der Waals surface area contributed by atoms with Crippen LogP contribution in [0.5, 0.6) is 5.75 Å². The second-order valence-corrected chi connectivity index (χ2v) is 5.40. The third-order valence-corrected chi connectivity index (χ3v) is 4.00. The van der Waals surface area contributed by atoms with Gasteiger partial charge in [-0.05, 0) is 31.4 Å². The summed E-state index contributed by atoms with van der Waals surface area (Å²) in [6.45, 7) is 3.34. The van der Waals surface area contributed by atoms with Crippen molar-refractivity contribution in [2.75, 3.05) is 26.7 Å². The number of amides is 1. The number of ether oxygens (including phenoxy) is 1. The van der Waals surface area contributed by atoms with Gasteiger partial charge in [0.15, 0.2) is 0 Å². The van der Waals surface area contributed by atoms with Gasteiger partial charge in [0.25, 0.3) is 5.91 Å². The number of pyridine rings is 1. The van der Waals surface area contributed by atoms with Gasteiger partial charge in [-0.15, -0.1) is 0 Å². The van der Waals surface area contributed by atoms with E-state index in [0.717, 1.165) is 18.9 Å². The number of nitrogens with zero attached hydrogens (tertiary/aromatic N) is 2. The number of methoxy groups -OCH3 is 1. The zero-order valence-electron chi connectivity index (χ0n) is 11.1. The molecule has 1 amide bonds. The molecular formula is C14H19N3O2. The summed E-state index contributed by atoms with van der Waals surface area (Å²) in [5.41, 5.74) is 0.423. The van der Waals surface area contributed by atoms with E-state index >= 15 is 0 Å². The van der Waals surface area contributed by atoms with Crippen molar-refractivity contribution in [3.63, 3.8) is 0 Å². The Balaban J connectivity index is 1.64. The molecule has 19 heavy (non-hydrogen) atoms. The summed E-state index contributed by atoms with van der Waals surface area (Å²) in [7, 11) is 1.59. The number of nitrogens with one attached hydrogen (secondary N) is 1. The summed E-state index contributed by atoms with van der Waals surface area (Å²) in [4.78, 5) is 18.7. The topological polar surface area (TPSA) is 54.5 Å². The van der Waals surface area contributed by atoms with E-state index in [2.05, 4.69) is 15.2 Å². The lowest BCUT2D eigenvalue weighted by Crippen LogP contribution is -2.47. The van der Waals surface area contributed by atoms with E-state index in [4.69, 9.17) is 4.74 Å². The molecule has 3 heterocycles. The fraction of sp³-hybridized carbons (Fsp3) is 0.571. The van der Waals surface area contributed by atoms with E-state index < -0.39 is 0 Å². The molecule has 3 atom stereocenters. The Kier molecular flexibility index (Phi) is 3.38. The third kappa shape index (κ3) is 2.71. The molecule has 3 rings (SSSR count). The van der Waals surface area contributed by atoms with Gasteiger partial charge in [0.2, 0.25) is 0 Å². The Hall–Kier alpha value is -1.62. The molecule has 5 nitrogen and oxygen atoms in total. The average Bonchev–Trinajstić information content (AvgIpc) is 2.78. The van der Waals surface area contributed by atoms with Crippen LogP contribution in [0.1, 0.15) is 23.3 Å². The minimum absolute atomic E-state index is 0.105. The van der Waals surface area contributed by atoms with Crippen LogP contribution in [-0.4, -0.2) is 48.6 Å². The molecule has 2 bridgehead atoms. The molecule has 1 aromatic heterocycles. The molecular weight excluding hydrogens is 242 g/mol. The molecule has 2 saturated heterocycles. The molecule has 5 heteroatoms. The number of hydrogen-bond acceptors (Lipinski definition) is 4. The molecule has 1 N–H and O–H groups in total. The molecule has 0 aliphatic carbocycles. The van der Waals surface area contributed by atoms with Crippen LogP contribution in [0.4, 0.5) is 0 Å². The first kappa shape index (κ1) is 12.4. The molecule has 1 unspecified atom stereocenters.